The van der Waals surface area contributed by atoms with Crippen LogP contribution in [0, 0.1) is 0 Å². The summed E-state index contributed by atoms with van der Waals surface area (Å²) in [4.78, 5) is 27.0. The van der Waals surface area contributed by atoms with E-state index < -0.39 is 6.04 Å². The molecule has 0 radical (unpaired) electrons. The van der Waals surface area contributed by atoms with Crippen molar-refractivity contribution < 1.29 is 14.7 Å². The molecule has 1 aromatic carbocycles. The molecule has 3 heterocycles. The van der Waals surface area contributed by atoms with Crippen molar-refractivity contribution in [3.05, 3.63) is 54.5 Å². The summed E-state index contributed by atoms with van der Waals surface area (Å²) in [6.07, 6.45) is 4.59. The molecule has 4 rings (SSSR count). The Morgan fingerprint density at radius 2 is 2.04 bits per heavy atom. The smallest absolute Gasteiger partial charge is 0.258 e. The van der Waals surface area contributed by atoms with E-state index in [0.717, 1.165) is 6.42 Å². The van der Waals surface area contributed by atoms with Crippen molar-refractivity contribution in [1.29, 1.82) is 0 Å². The maximum Gasteiger partial charge on any atom is 0.258 e. The fourth-order valence-corrected chi connectivity index (χ4v) is 3.22. The van der Waals surface area contributed by atoms with E-state index in [9.17, 15) is 14.7 Å². The second-order valence-electron chi connectivity index (χ2n) is 6.18. The van der Waals surface area contributed by atoms with Crippen molar-refractivity contribution in [2.24, 2.45) is 0 Å². The zero-order chi connectivity index (χ0) is 18.1. The predicted octanol–water partition coefficient (Wildman–Crippen LogP) is 1.68. The largest absolute Gasteiger partial charge is 0.507 e. The van der Waals surface area contributed by atoms with Crippen molar-refractivity contribution >= 4 is 23.1 Å². The molecule has 8 heteroatoms. The van der Waals surface area contributed by atoms with Crippen LogP contribution in [0.15, 0.2) is 48.9 Å². The third kappa shape index (κ3) is 2.85. The molecule has 0 bridgehead atoms. The topological polar surface area (TPSA) is 99.8 Å². The van der Waals surface area contributed by atoms with Gasteiger partial charge in [0.15, 0.2) is 5.65 Å². The summed E-state index contributed by atoms with van der Waals surface area (Å²) >= 11 is 0. The minimum atomic E-state index is -0.571. The molecule has 1 aliphatic heterocycles. The first kappa shape index (κ1) is 16.1. The number of likely N-dealkylation sites (tertiary alicyclic amines) is 1. The molecule has 8 nitrogen and oxygen atoms in total. The van der Waals surface area contributed by atoms with E-state index in [2.05, 4.69) is 15.5 Å². The van der Waals surface area contributed by atoms with Crippen molar-refractivity contribution in [2.45, 2.75) is 18.9 Å². The average molecular weight is 351 g/mol. The summed E-state index contributed by atoms with van der Waals surface area (Å²) in [6, 6.07) is 9.29. The van der Waals surface area contributed by atoms with Crippen LogP contribution < -0.4 is 5.32 Å². The Morgan fingerprint density at radius 1 is 1.19 bits per heavy atom. The van der Waals surface area contributed by atoms with E-state index in [0.29, 0.717) is 24.3 Å². The van der Waals surface area contributed by atoms with Crippen LogP contribution in [0.1, 0.15) is 23.2 Å². The number of amides is 2. The fourth-order valence-electron chi connectivity index (χ4n) is 3.22. The molecule has 0 saturated carbocycles. The summed E-state index contributed by atoms with van der Waals surface area (Å²) < 4.78 is 1.70. The van der Waals surface area contributed by atoms with Gasteiger partial charge in [0.2, 0.25) is 5.91 Å². The predicted molar refractivity (Wildman–Crippen MR) is 93.8 cm³/mol. The van der Waals surface area contributed by atoms with E-state index in [1.807, 2.05) is 0 Å². The number of rotatable bonds is 3. The number of nitrogens with zero attached hydrogens (tertiary/aromatic N) is 4. The number of benzene rings is 1. The molecule has 2 aromatic heterocycles. The summed E-state index contributed by atoms with van der Waals surface area (Å²) in [5, 5.41) is 20.5. The Labute approximate surface area is 149 Å². The molecule has 26 heavy (non-hydrogen) atoms. The first-order valence-electron chi connectivity index (χ1n) is 8.33. The molecule has 1 atom stereocenters. The number of fused-ring (bicyclic) bond motifs is 1. The summed E-state index contributed by atoms with van der Waals surface area (Å²) in [5.41, 5.74) is 1.49. The van der Waals surface area contributed by atoms with Gasteiger partial charge in [-0.05, 0) is 37.1 Å². The van der Waals surface area contributed by atoms with Crippen molar-refractivity contribution in [1.82, 2.24) is 19.5 Å². The number of pyridine rings is 1. The molecule has 0 spiro atoms. The maximum absolute atomic E-state index is 12.7. The Balaban J connectivity index is 1.53. The molecular formula is C18H17N5O3. The van der Waals surface area contributed by atoms with Gasteiger partial charge in [-0.15, -0.1) is 10.2 Å². The van der Waals surface area contributed by atoms with Gasteiger partial charge in [-0.1, -0.05) is 12.1 Å². The van der Waals surface area contributed by atoms with E-state index >= 15 is 0 Å². The Hall–Kier alpha value is -3.42. The lowest BCUT2D eigenvalue weighted by Gasteiger charge is -2.24. The highest BCUT2D eigenvalue weighted by atomic mass is 16.3. The number of phenolic OH excluding ortho intramolecular Hbond substituents is 1. The van der Waals surface area contributed by atoms with Gasteiger partial charge in [-0.25, -0.2) is 0 Å². The van der Waals surface area contributed by atoms with Gasteiger partial charge in [-0.3, -0.25) is 14.0 Å². The fraction of sp³-hybridized carbons (Fsp3) is 0.222. The third-order valence-electron chi connectivity index (χ3n) is 4.51. The van der Waals surface area contributed by atoms with E-state index in [1.165, 1.54) is 11.0 Å². The third-order valence-corrected chi connectivity index (χ3v) is 4.51. The Morgan fingerprint density at radius 3 is 2.88 bits per heavy atom. The quantitative estimate of drug-likeness (QED) is 0.748. The van der Waals surface area contributed by atoms with Crippen LogP contribution in [-0.4, -0.2) is 49.0 Å². The Bertz CT molecular complexity index is 984. The number of phenols is 1. The Kier molecular flexibility index (Phi) is 4.00. The first-order valence-corrected chi connectivity index (χ1v) is 8.33. The number of anilines is 1. The lowest BCUT2D eigenvalue weighted by Crippen LogP contribution is -2.43. The first-order chi connectivity index (χ1) is 12.6. The summed E-state index contributed by atoms with van der Waals surface area (Å²) in [7, 11) is 0. The number of aromatic nitrogens is 3. The van der Waals surface area contributed by atoms with Gasteiger partial charge >= 0.3 is 0 Å². The van der Waals surface area contributed by atoms with Gasteiger partial charge in [-0.2, -0.15) is 0 Å². The van der Waals surface area contributed by atoms with Crippen LogP contribution in [0.3, 0.4) is 0 Å². The van der Waals surface area contributed by atoms with Gasteiger partial charge < -0.3 is 15.3 Å². The molecule has 2 N–H and O–H groups in total. The molecule has 1 aliphatic rings. The SMILES string of the molecule is O=C(Nc1ccc2nncn2c1)C1CCCN1C(=O)c1ccccc1O. The zero-order valence-electron chi connectivity index (χ0n) is 13.9. The van der Waals surface area contributed by atoms with Gasteiger partial charge in [0.05, 0.1) is 11.3 Å². The van der Waals surface area contributed by atoms with Crippen LogP contribution in [0.2, 0.25) is 0 Å². The average Bonchev–Trinajstić information content (AvgIpc) is 3.30. The highest BCUT2D eigenvalue weighted by molar-refractivity contribution is 6.02. The summed E-state index contributed by atoms with van der Waals surface area (Å²) in [6.45, 7) is 0.482. The maximum atomic E-state index is 12.7. The molecule has 1 saturated heterocycles. The zero-order valence-corrected chi connectivity index (χ0v) is 13.9. The number of hydrogen-bond acceptors (Lipinski definition) is 5. The standard InChI is InChI=1S/C18H17N5O3/c24-15-6-2-1-4-13(15)18(26)23-9-3-5-14(23)17(25)20-12-7-8-16-21-19-11-22(16)10-12/h1-2,4,6-8,10-11,14,24H,3,5,9H2,(H,20,25). The monoisotopic (exact) mass is 351 g/mol. The normalized spacial score (nSPS) is 16.8. The molecule has 0 aliphatic carbocycles. The number of hydrogen-bond donors (Lipinski definition) is 2. The van der Waals surface area contributed by atoms with E-state index in [1.54, 1.807) is 47.3 Å². The van der Waals surface area contributed by atoms with E-state index in [-0.39, 0.29) is 23.1 Å². The second kappa shape index (κ2) is 6.47. The lowest BCUT2D eigenvalue weighted by molar-refractivity contribution is -0.119. The van der Waals surface area contributed by atoms with Gasteiger partial charge in [0.25, 0.3) is 5.91 Å². The van der Waals surface area contributed by atoms with Crippen LogP contribution in [0.25, 0.3) is 5.65 Å². The molecular weight excluding hydrogens is 334 g/mol. The van der Waals surface area contributed by atoms with E-state index in [4.69, 9.17) is 0 Å². The second-order valence-corrected chi connectivity index (χ2v) is 6.18. The molecule has 1 fully saturated rings. The number of nitrogens with one attached hydrogen (secondary N) is 1. The van der Waals surface area contributed by atoms with Crippen molar-refractivity contribution in [2.75, 3.05) is 11.9 Å². The number of para-hydroxylation sites is 1. The lowest BCUT2D eigenvalue weighted by atomic mass is 10.1. The molecule has 3 aromatic rings. The molecule has 2 amide bonds. The molecule has 1 unspecified atom stereocenters. The van der Waals surface area contributed by atoms with Crippen LogP contribution >= 0.6 is 0 Å². The van der Waals surface area contributed by atoms with Gasteiger partial charge in [0.1, 0.15) is 18.1 Å². The molecule has 132 valence electrons. The van der Waals surface area contributed by atoms with Crippen molar-refractivity contribution in [3.8, 4) is 5.75 Å². The van der Waals surface area contributed by atoms with Gasteiger partial charge in [0, 0.05) is 12.7 Å². The van der Waals surface area contributed by atoms with Crippen molar-refractivity contribution in [3.63, 3.8) is 0 Å². The number of carbonyl (C=O) groups excluding carboxylic acids is 2. The number of aromatic hydroxyl groups is 1. The highest BCUT2D eigenvalue weighted by Gasteiger charge is 2.35. The minimum Gasteiger partial charge on any atom is -0.507 e. The number of carbonyl (C=O) groups is 2. The van der Waals surface area contributed by atoms with Crippen LogP contribution in [0.4, 0.5) is 5.69 Å². The van der Waals surface area contributed by atoms with Crippen LogP contribution in [-0.2, 0) is 4.79 Å². The summed E-state index contributed by atoms with van der Waals surface area (Å²) in [5.74, 6) is -0.671. The van der Waals surface area contributed by atoms with Crippen LogP contribution in [0.5, 0.6) is 5.75 Å². The highest BCUT2D eigenvalue weighted by Crippen LogP contribution is 2.25. The minimum absolute atomic E-state index is 0.0818.